The zero-order chi connectivity index (χ0) is 22.6. The number of ketones is 1. The number of amides is 1. The van der Waals surface area contributed by atoms with Gasteiger partial charge >= 0.3 is 0 Å². The number of fused-ring (bicyclic) bond motifs is 3. The lowest BCUT2D eigenvalue weighted by molar-refractivity contribution is -0.119. The Morgan fingerprint density at radius 2 is 1.91 bits per heavy atom. The molecule has 1 fully saturated rings. The lowest BCUT2D eigenvalue weighted by Gasteiger charge is -2.12. The van der Waals surface area contributed by atoms with Gasteiger partial charge in [-0.25, -0.2) is 18.3 Å². The Morgan fingerprint density at radius 1 is 1.12 bits per heavy atom. The van der Waals surface area contributed by atoms with Crippen LogP contribution in [0.1, 0.15) is 35.8 Å². The number of nitrogens with one attached hydrogen (secondary N) is 1. The van der Waals surface area contributed by atoms with E-state index in [0.29, 0.717) is 28.5 Å². The Hall–Kier alpha value is -3.82. The topological polar surface area (TPSA) is 102 Å². The maximum atomic E-state index is 13.2. The van der Waals surface area contributed by atoms with Gasteiger partial charge in [0.2, 0.25) is 5.91 Å². The monoisotopic (exact) mass is 436 g/mol. The second-order valence-electron chi connectivity index (χ2n) is 7.89. The molecule has 1 aliphatic rings. The molecule has 1 saturated carbocycles. The Kier molecular flexibility index (Phi) is 4.47. The van der Waals surface area contributed by atoms with E-state index in [1.165, 1.54) is 0 Å². The van der Waals surface area contributed by atoms with Crippen LogP contribution in [0.25, 0.3) is 27.5 Å². The summed E-state index contributed by atoms with van der Waals surface area (Å²) in [7, 11) is 0. The van der Waals surface area contributed by atoms with E-state index in [9.17, 15) is 18.4 Å². The Bertz CT molecular complexity index is 1410. The van der Waals surface area contributed by atoms with Crippen LogP contribution < -0.4 is 5.32 Å². The number of pyridine rings is 3. The molecule has 0 unspecified atom stereocenters. The number of anilines is 1. The molecule has 32 heavy (non-hydrogen) atoms. The number of hydrogen-bond acceptors (Lipinski definition) is 6. The highest BCUT2D eigenvalue weighted by atomic mass is 19.3. The number of Topliss-reactive ketones (excluding diaryl/α,β-unsaturated/α-hetero) is 1. The highest BCUT2D eigenvalue weighted by Crippen LogP contribution is 2.49. The molecule has 0 aliphatic heterocycles. The third-order valence-electron chi connectivity index (χ3n) is 5.67. The van der Waals surface area contributed by atoms with Crippen LogP contribution >= 0.6 is 0 Å². The minimum atomic E-state index is -2.95. The van der Waals surface area contributed by atoms with E-state index < -0.39 is 24.2 Å². The van der Waals surface area contributed by atoms with E-state index in [-0.39, 0.29) is 11.6 Å². The molecule has 0 radical (unpaired) electrons. The molecule has 10 heteroatoms. The number of hydrogen-bond donors (Lipinski definition) is 1. The van der Waals surface area contributed by atoms with Crippen molar-refractivity contribution in [2.24, 2.45) is 5.92 Å². The van der Waals surface area contributed by atoms with Crippen molar-refractivity contribution in [2.45, 2.75) is 32.6 Å². The van der Waals surface area contributed by atoms with E-state index in [1.807, 2.05) is 13.0 Å². The predicted octanol–water partition coefficient (Wildman–Crippen LogP) is 3.83. The van der Waals surface area contributed by atoms with Gasteiger partial charge in [-0.1, -0.05) is 12.1 Å². The molecule has 162 valence electrons. The van der Waals surface area contributed by atoms with Gasteiger partial charge in [-0.2, -0.15) is 0 Å². The first-order valence-electron chi connectivity index (χ1n) is 10.1. The van der Waals surface area contributed by atoms with Gasteiger partial charge in [-0.15, -0.1) is 5.10 Å². The highest BCUT2D eigenvalue weighted by molar-refractivity contribution is 5.98. The number of alkyl halides is 2. The maximum Gasteiger partial charge on any atom is 0.260 e. The summed E-state index contributed by atoms with van der Waals surface area (Å²) in [5.41, 5.74) is 4.22. The van der Waals surface area contributed by atoms with Gasteiger partial charge in [0.15, 0.2) is 5.78 Å². The molecule has 5 rings (SSSR count). The summed E-state index contributed by atoms with van der Waals surface area (Å²) in [6, 6.07) is 5.23. The maximum absolute atomic E-state index is 13.2. The van der Waals surface area contributed by atoms with Gasteiger partial charge in [0.25, 0.3) is 5.92 Å². The zero-order valence-corrected chi connectivity index (χ0v) is 17.3. The number of aromatic nitrogens is 5. The van der Waals surface area contributed by atoms with Crippen molar-refractivity contribution >= 4 is 33.9 Å². The number of carbonyl (C=O) groups is 2. The summed E-state index contributed by atoms with van der Waals surface area (Å²) in [6.45, 7) is 3.69. The van der Waals surface area contributed by atoms with E-state index >= 15 is 0 Å². The SMILES string of the molecule is CCC(=O)c1cc(C)c(-c2cc3cnc(NC(=O)[C@H]4CC4(F)F)cc3n3nncc23)cn1. The van der Waals surface area contributed by atoms with Crippen molar-refractivity contribution in [3.05, 3.63) is 48.0 Å². The van der Waals surface area contributed by atoms with Crippen LogP contribution in [-0.4, -0.2) is 42.4 Å². The van der Waals surface area contributed by atoms with Crippen LogP contribution in [0, 0.1) is 12.8 Å². The summed E-state index contributed by atoms with van der Waals surface area (Å²) >= 11 is 0. The van der Waals surface area contributed by atoms with Crippen molar-refractivity contribution < 1.29 is 18.4 Å². The molecule has 8 nitrogen and oxygen atoms in total. The van der Waals surface area contributed by atoms with Gasteiger partial charge in [-0.05, 0) is 24.6 Å². The fourth-order valence-corrected chi connectivity index (χ4v) is 3.74. The number of halogens is 2. The third-order valence-corrected chi connectivity index (χ3v) is 5.67. The average Bonchev–Trinajstić information content (AvgIpc) is 3.18. The molecule has 4 aromatic heterocycles. The van der Waals surface area contributed by atoms with E-state index in [4.69, 9.17) is 0 Å². The molecule has 0 spiro atoms. The first kappa shape index (κ1) is 20.1. The molecule has 1 aliphatic carbocycles. The molecule has 4 heterocycles. The Balaban J connectivity index is 1.57. The number of nitrogens with zero attached hydrogens (tertiary/aromatic N) is 5. The van der Waals surface area contributed by atoms with Gasteiger partial charge in [0.1, 0.15) is 17.4 Å². The minimum absolute atomic E-state index is 0.0305. The van der Waals surface area contributed by atoms with Gasteiger partial charge in [0.05, 0.1) is 17.2 Å². The standard InChI is InChI=1S/C22H18F2N6O2/c1-3-19(31)16-4-11(2)14(9-25-16)13-5-12-8-26-20(28-21(32)15-7-22(15,23)24)6-17(12)30-18(13)10-27-29-30/h4-6,8-10,15H,3,7H2,1-2H3,(H,26,28,32)/t15-/m1/s1. The second-order valence-corrected chi connectivity index (χ2v) is 7.89. The Labute approximate surface area is 180 Å². The molecular weight excluding hydrogens is 418 g/mol. The second kappa shape index (κ2) is 7.11. The van der Waals surface area contributed by atoms with Gasteiger partial charge in [0, 0.05) is 47.8 Å². The fraction of sp³-hybridized carbons (Fsp3) is 0.273. The summed E-state index contributed by atoms with van der Waals surface area (Å²) in [5, 5.41) is 11.3. The number of rotatable bonds is 5. The lowest BCUT2D eigenvalue weighted by Crippen LogP contribution is -2.18. The molecule has 0 aromatic carbocycles. The van der Waals surface area contributed by atoms with Crippen LogP contribution in [0.2, 0.25) is 0 Å². The number of aryl methyl sites for hydroxylation is 1. The fourth-order valence-electron chi connectivity index (χ4n) is 3.74. The van der Waals surface area contributed by atoms with E-state index in [1.54, 1.807) is 42.2 Å². The molecule has 0 bridgehead atoms. The summed E-state index contributed by atoms with van der Waals surface area (Å²) < 4.78 is 27.9. The molecule has 1 amide bonds. The molecular formula is C22H18F2N6O2. The summed E-state index contributed by atoms with van der Waals surface area (Å²) in [4.78, 5) is 32.5. The summed E-state index contributed by atoms with van der Waals surface area (Å²) in [5.74, 6) is -4.88. The van der Waals surface area contributed by atoms with E-state index in [0.717, 1.165) is 16.7 Å². The molecule has 0 saturated heterocycles. The molecule has 1 atom stereocenters. The van der Waals surface area contributed by atoms with Crippen LogP contribution in [0.15, 0.2) is 36.8 Å². The molecule has 4 aromatic rings. The van der Waals surface area contributed by atoms with Crippen molar-refractivity contribution in [3.8, 4) is 11.1 Å². The van der Waals surface area contributed by atoms with Crippen molar-refractivity contribution in [2.75, 3.05) is 5.32 Å². The largest absolute Gasteiger partial charge is 0.310 e. The van der Waals surface area contributed by atoms with Gasteiger partial charge < -0.3 is 5.32 Å². The average molecular weight is 436 g/mol. The lowest BCUT2D eigenvalue weighted by atomic mass is 10.00. The van der Waals surface area contributed by atoms with Crippen LogP contribution in [-0.2, 0) is 4.79 Å². The Morgan fingerprint density at radius 3 is 2.59 bits per heavy atom. The highest BCUT2D eigenvalue weighted by Gasteiger charge is 2.61. The number of carbonyl (C=O) groups excluding carboxylic acids is 2. The van der Waals surface area contributed by atoms with Crippen LogP contribution in [0.3, 0.4) is 0 Å². The normalized spacial score (nSPS) is 16.9. The van der Waals surface area contributed by atoms with E-state index in [2.05, 4.69) is 25.6 Å². The minimum Gasteiger partial charge on any atom is -0.310 e. The quantitative estimate of drug-likeness (QED) is 0.477. The van der Waals surface area contributed by atoms with Crippen molar-refractivity contribution in [3.63, 3.8) is 0 Å². The third kappa shape index (κ3) is 3.28. The van der Waals surface area contributed by atoms with Crippen molar-refractivity contribution in [1.82, 2.24) is 24.8 Å². The van der Waals surface area contributed by atoms with Gasteiger partial charge in [-0.3, -0.25) is 14.6 Å². The predicted molar refractivity (Wildman–Crippen MR) is 113 cm³/mol. The zero-order valence-electron chi connectivity index (χ0n) is 17.3. The summed E-state index contributed by atoms with van der Waals surface area (Å²) in [6.07, 6.45) is 4.73. The first-order chi connectivity index (χ1) is 15.3. The van der Waals surface area contributed by atoms with Crippen molar-refractivity contribution in [1.29, 1.82) is 0 Å². The van der Waals surface area contributed by atoms with Crippen LogP contribution in [0.5, 0.6) is 0 Å². The smallest absolute Gasteiger partial charge is 0.260 e. The van der Waals surface area contributed by atoms with Crippen LogP contribution in [0.4, 0.5) is 14.6 Å². The molecule has 1 N–H and O–H groups in total. The first-order valence-corrected chi connectivity index (χ1v) is 10.1.